The molecule has 0 bridgehead atoms. The highest BCUT2D eigenvalue weighted by Gasteiger charge is 2.15. The molecule has 1 aromatic heterocycles. The van der Waals surface area contributed by atoms with Gasteiger partial charge in [0.25, 0.3) is 0 Å². The van der Waals surface area contributed by atoms with Gasteiger partial charge in [-0.25, -0.2) is 4.99 Å². The van der Waals surface area contributed by atoms with E-state index in [0.717, 1.165) is 45.4 Å². The Hall–Kier alpha value is -3.51. The zero-order chi connectivity index (χ0) is 22.6. The SMILES string of the molecule is CCOc1ccc(N=c2scc(-c3ccc(CC)cc3)n2Cc2ccc3c(c2)OCO3)cc1. The van der Waals surface area contributed by atoms with E-state index < -0.39 is 0 Å². The van der Waals surface area contributed by atoms with Crippen LogP contribution in [0, 0.1) is 0 Å². The van der Waals surface area contributed by atoms with Crippen LogP contribution in [-0.4, -0.2) is 18.0 Å². The van der Waals surface area contributed by atoms with E-state index in [1.165, 1.54) is 11.1 Å². The molecule has 0 spiro atoms. The lowest BCUT2D eigenvalue weighted by molar-refractivity contribution is 0.174. The van der Waals surface area contributed by atoms with Crippen LogP contribution in [0.2, 0.25) is 0 Å². The van der Waals surface area contributed by atoms with E-state index in [1.807, 2.05) is 37.3 Å². The summed E-state index contributed by atoms with van der Waals surface area (Å²) in [5.41, 5.74) is 5.68. The average molecular weight is 459 g/mol. The van der Waals surface area contributed by atoms with Crippen molar-refractivity contribution in [2.45, 2.75) is 26.8 Å². The van der Waals surface area contributed by atoms with Crippen LogP contribution in [0.1, 0.15) is 25.0 Å². The third-order valence-corrected chi connectivity index (χ3v) is 6.47. The summed E-state index contributed by atoms with van der Waals surface area (Å²) in [6.07, 6.45) is 1.03. The Labute approximate surface area is 197 Å². The summed E-state index contributed by atoms with van der Waals surface area (Å²) < 4.78 is 18.9. The van der Waals surface area contributed by atoms with E-state index >= 15 is 0 Å². The Balaban J connectivity index is 1.56. The lowest BCUT2D eigenvalue weighted by Gasteiger charge is -2.11. The number of aromatic nitrogens is 1. The highest BCUT2D eigenvalue weighted by Crippen LogP contribution is 2.33. The predicted molar refractivity (Wildman–Crippen MR) is 132 cm³/mol. The summed E-state index contributed by atoms with van der Waals surface area (Å²) in [5.74, 6) is 2.44. The molecule has 5 nitrogen and oxygen atoms in total. The van der Waals surface area contributed by atoms with Crippen molar-refractivity contribution in [3.8, 4) is 28.5 Å². The van der Waals surface area contributed by atoms with Crippen molar-refractivity contribution in [2.75, 3.05) is 13.4 Å². The highest BCUT2D eigenvalue weighted by atomic mass is 32.1. The van der Waals surface area contributed by atoms with Crippen LogP contribution in [0.3, 0.4) is 0 Å². The fourth-order valence-corrected chi connectivity index (χ4v) is 4.76. The number of nitrogens with zero attached hydrogens (tertiary/aromatic N) is 2. The molecule has 0 saturated heterocycles. The first-order valence-corrected chi connectivity index (χ1v) is 12.0. The molecule has 0 saturated carbocycles. The van der Waals surface area contributed by atoms with Crippen LogP contribution >= 0.6 is 11.3 Å². The molecule has 0 unspecified atom stereocenters. The van der Waals surface area contributed by atoms with Gasteiger partial charge < -0.3 is 18.8 Å². The Bertz CT molecular complexity index is 1300. The van der Waals surface area contributed by atoms with Gasteiger partial charge in [0.05, 0.1) is 24.5 Å². The molecule has 168 valence electrons. The van der Waals surface area contributed by atoms with Crippen molar-refractivity contribution < 1.29 is 14.2 Å². The molecule has 0 fully saturated rings. The lowest BCUT2D eigenvalue weighted by atomic mass is 10.1. The minimum Gasteiger partial charge on any atom is -0.494 e. The third-order valence-electron chi connectivity index (χ3n) is 5.61. The maximum atomic E-state index is 5.59. The maximum Gasteiger partial charge on any atom is 0.231 e. The molecule has 0 atom stereocenters. The van der Waals surface area contributed by atoms with Crippen molar-refractivity contribution >= 4 is 17.0 Å². The first-order valence-electron chi connectivity index (χ1n) is 11.2. The van der Waals surface area contributed by atoms with Crippen molar-refractivity contribution in [1.29, 1.82) is 0 Å². The summed E-state index contributed by atoms with van der Waals surface area (Å²) in [7, 11) is 0. The van der Waals surface area contributed by atoms with Crippen LogP contribution < -0.4 is 19.0 Å². The molecule has 5 rings (SSSR count). The Kier molecular flexibility index (Phi) is 6.17. The van der Waals surface area contributed by atoms with Gasteiger partial charge in [0.2, 0.25) is 6.79 Å². The van der Waals surface area contributed by atoms with Gasteiger partial charge in [-0.2, -0.15) is 0 Å². The quantitative estimate of drug-likeness (QED) is 0.332. The number of hydrogen-bond donors (Lipinski definition) is 0. The van der Waals surface area contributed by atoms with Crippen LogP contribution in [0.4, 0.5) is 5.69 Å². The largest absolute Gasteiger partial charge is 0.494 e. The monoisotopic (exact) mass is 458 g/mol. The van der Waals surface area contributed by atoms with Crippen LogP contribution in [0.25, 0.3) is 11.3 Å². The molecule has 4 aromatic rings. The first kappa shape index (κ1) is 21.3. The minimum atomic E-state index is 0.276. The number of fused-ring (bicyclic) bond motifs is 1. The van der Waals surface area contributed by atoms with Crippen LogP contribution in [0.5, 0.6) is 17.2 Å². The second kappa shape index (κ2) is 9.55. The molecule has 33 heavy (non-hydrogen) atoms. The average Bonchev–Trinajstić information content (AvgIpc) is 3.47. The van der Waals surface area contributed by atoms with Crippen molar-refractivity contribution in [2.24, 2.45) is 4.99 Å². The van der Waals surface area contributed by atoms with E-state index in [-0.39, 0.29) is 6.79 Å². The van der Waals surface area contributed by atoms with Gasteiger partial charge >= 0.3 is 0 Å². The number of ether oxygens (including phenoxy) is 3. The third kappa shape index (κ3) is 4.66. The van der Waals surface area contributed by atoms with Crippen molar-refractivity contribution in [3.05, 3.63) is 88.0 Å². The normalized spacial score (nSPS) is 12.8. The second-order valence-electron chi connectivity index (χ2n) is 7.77. The van der Waals surface area contributed by atoms with Gasteiger partial charge in [0.1, 0.15) is 5.75 Å². The van der Waals surface area contributed by atoms with Crippen LogP contribution in [0.15, 0.2) is 77.1 Å². The Morgan fingerprint density at radius 3 is 2.42 bits per heavy atom. The number of benzene rings is 3. The van der Waals surface area contributed by atoms with Gasteiger partial charge in [-0.3, -0.25) is 0 Å². The van der Waals surface area contributed by atoms with Gasteiger partial charge in [0, 0.05) is 5.38 Å². The molecule has 1 aliphatic rings. The number of hydrogen-bond acceptors (Lipinski definition) is 5. The summed E-state index contributed by atoms with van der Waals surface area (Å²) in [5, 5.41) is 2.18. The van der Waals surface area contributed by atoms with E-state index in [2.05, 4.69) is 53.3 Å². The second-order valence-corrected chi connectivity index (χ2v) is 8.60. The fraction of sp³-hybridized carbons (Fsp3) is 0.222. The summed E-state index contributed by atoms with van der Waals surface area (Å²) in [6, 6.07) is 22.8. The van der Waals surface area contributed by atoms with E-state index in [1.54, 1.807) is 11.3 Å². The molecular formula is C27H26N2O3S. The molecule has 2 heterocycles. The van der Waals surface area contributed by atoms with Gasteiger partial charge in [-0.05, 0) is 66.4 Å². The van der Waals surface area contributed by atoms with Gasteiger partial charge in [-0.1, -0.05) is 37.3 Å². The topological polar surface area (TPSA) is 45.0 Å². The molecule has 6 heteroatoms. The maximum absolute atomic E-state index is 5.59. The smallest absolute Gasteiger partial charge is 0.231 e. The molecule has 0 aliphatic carbocycles. The number of rotatable bonds is 7. The summed E-state index contributed by atoms with van der Waals surface area (Å²) in [6.45, 7) is 5.76. The number of thiazole rings is 1. The molecule has 0 N–H and O–H groups in total. The zero-order valence-electron chi connectivity index (χ0n) is 18.8. The molecule has 0 amide bonds. The first-order chi connectivity index (χ1) is 16.2. The molecule has 3 aromatic carbocycles. The Morgan fingerprint density at radius 1 is 0.909 bits per heavy atom. The molecule has 1 aliphatic heterocycles. The molecular weight excluding hydrogens is 432 g/mol. The zero-order valence-corrected chi connectivity index (χ0v) is 19.6. The lowest BCUT2D eigenvalue weighted by Crippen LogP contribution is -2.16. The number of aryl methyl sites for hydroxylation is 1. The highest BCUT2D eigenvalue weighted by molar-refractivity contribution is 7.07. The van der Waals surface area contributed by atoms with E-state index in [9.17, 15) is 0 Å². The van der Waals surface area contributed by atoms with Crippen LogP contribution in [-0.2, 0) is 13.0 Å². The van der Waals surface area contributed by atoms with E-state index in [4.69, 9.17) is 19.2 Å². The van der Waals surface area contributed by atoms with E-state index in [0.29, 0.717) is 13.2 Å². The fourth-order valence-electron chi connectivity index (χ4n) is 3.83. The van der Waals surface area contributed by atoms with Crippen molar-refractivity contribution in [1.82, 2.24) is 4.57 Å². The standard InChI is InChI=1S/C27H26N2O3S/c1-3-19-5-8-21(9-6-19)24-17-33-27(28-22-10-12-23(13-11-22)30-4-2)29(24)16-20-7-14-25-26(15-20)32-18-31-25/h5-15,17H,3-4,16,18H2,1-2H3. The summed E-state index contributed by atoms with van der Waals surface area (Å²) in [4.78, 5) is 5.90. The summed E-state index contributed by atoms with van der Waals surface area (Å²) >= 11 is 1.64. The van der Waals surface area contributed by atoms with Crippen molar-refractivity contribution in [3.63, 3.8) is 0 Å². The van der Waals surface area contributed by atoms with Gasteiger partial charge in [-0.15, -0.1) is 11.3 Å². The van der Waals surface area contributed by atoms with Gasteiger partial charge in [0.15, 0.2) is 16.3 Å². The Morgan fingerprint density at radius 2 is 1.67 bits per heavy atom. The molecule has 0 radical (unpaired) electrons. The predicted octanol–water partition coefficient (Wildman–Crippen LogP) is 6.19. The minimum absolute atomic E-state index is 0.276.